The molecule has 1 aliphatic carbocycles. The fourth-order valence-electron chi connectivity index (χ4n) is 5.33. The van der Waals surface area contributed by atoms with Crippen molar-refractivity contribution >= 4 is 29.4 Å². The molecule has 1 aliphatic heterocycles. The van der Waals surface area contributed by atoms with E-state index in [9.17, 15) is 38.8 Å². The number of halogens is 1. The predicted molar refractivity (Wildman–Crippen MR) is 136 cm³/mol. The first kappa shape index (κ1) is 27.7. The lowest BCUT2D eigenvalue weighted by Gasteiger charge is -2.34. The zero-order valence-corrected chi connectivity index (χ0v) is 21.1. The molecule has 1 heterocycles. The molecule has 2 aromatic carbocycles. The average molecular weight is 541 g/mol. The van der Waals surface area contributed by atoms with Crippen LogP contribution in [0.15, 0.2) is 48.5 Å². The third-order valence-electron chi connectivity index (χ3n) is 7.26. The lowest BCUT2D eigenvalue weighted by atomic mass is 9.82. The number of hydrogen-bond acceptors (Lipinski definition) is 6. The SMILES string of the molecule is O=C(O)CC(NC(=O)C1N(C(=O)c2ccc(F)cc2)CCN1C(=O)c1cccc([N+](=O)[O-])c1)C1CCCCC1. The van der Waals surface area contributed by atoms with Crippen LogP contribution in [0, 0.1) is 21.8 Å². The number of carbonyl (C=O) groups excluding carboxylic acids is 3. The first-order valence-electron chi connectivity index (χ1n) is 12.8. The molecule has 0 aromatic heterocycles. The van der Waals surface area contributed by atoms with Crippen molar-refractivity contribution in [3.05, 3.63) is 75.6 Å². The minimum absolute atomic E-state index is 0.0258. The Labute approximate surface area is 223 Å². The van der Waals surface area contributed by atoms with Gasteiger partial charge in [0.25, 0.3) is 23.4 Å². The molecule has 2 unspecified atom stereocenters. The van der Waals surface area contributed by atoms with Gasteiger partial charge in [0.15, 0.2) is 6.17 Å². The molecule has 4 rings (SSSR count). The van der Waals surface area contributed by atoms with Gasteiger partial charge < -0.3 is 20.2 Å². The van der Waals surface area contributed by atoms with E-state index < -0.39 is 46.6 Å². The minimum Gasteiger partial charge on any atom is -0.481 e. The Kier molecular flexibility index (Phi) is 8.52. The van der Waals surface area contributed by atoms with Crippen LogP contribution < -0.4 is 5.32 Å². The maximum atomic E-state index is 13.7. The summed E-state index contributed by atoms with van der Waals surface area (Å²) in [6, 6.07) is 9.11. The number of aliphatic carboxylic acids is 1. The summed E-state index contributed by atoms with van der Waals surface area (Å²) < 4.78 is 13.5. The van der Waals surface area contributed by atoms with E-state index in [-0.39, 0.29) is 42.2 Å². The second-order valence-corrected chi connectivity index (χ2v) is 9.80. The van der Waals surface area contributed by atoms with Gasteiger partial charge in [-0.3, -0.25) is 29.3 Å². The molecular weight excluding hydrogens is 511 g/mol. The Balaban J connectivity index is 1.66. The molecule has 2 aromatic rings. The number of non-ortho nitro benzene ring substituents is 1. The number of rotatable bonds is 8. The van der Waals surface area contributed by atoms with Gasteiger partial charge in [0.2, 0.25) is 0 Å². The van der Waals surface area contributed by atoms with E-state index in [0.29, 0.717) is 0 Å². The van der Waals surface area contributed by atoms with Crippen molar-refractivity contribution in [3.63, 3.8) is 0 Å². The zero-order valence-electron chi connectivity index (χ0n) is 21.1. The fourth-order valence-corrected chi connectivity index (χ4v) is 5.33. The van der Waals surface area contributed by atoms with Crippen molar-refractivity contribution in [2.75, 3.05) is 13.1 Å². The summed E-state index contributed by atoms with van der Waals surface area (Å²) in [5.41, 5.74) is -0.236. The molecule has 0 radical (unpaired) electrons. The van der Waals surface area contributed by atoms with Crippen molar-refractivity contribution in [2.45, 2.75) is 50.7 Å². The molecule has 0 bridgehead atoms. The molecule has 11 nitrogen and oxygen atoms in total. The van der Waals surface area contributed by atoms with Gasteiger partial charge in [-0.05, 0) is 49.1 Å². The second-order valence-electron chi connectivity index (χ2n) is 9.80. The van der Waals surface area contributed by atoms with Gasteiger partial charge in [-0.2, -0.15) is 0 Å². The number of nitrogens with one attached hydrogen (secondary N) is 1. The third-order valence-corrected chi connectivity index (χ3v) is 7.26. The van der Waals surface area contributed by atoms with Crippen LogP contribution in [-0.2, 0) is 9.59 Å². The maximum Gasteiger partial charge on any atom is 0.305 e. The fraction of sp³-hybridized carbons (Fsp3) is 0.407. The van der Waals surface area contributed by atoms with Crippen LogP contribution in [0.5, 0.6) is 0 Å². The molecule has 39 heavy (non-hydrogen) atoms. The number of benzene rings is 2. The Morgan fingerprint density at radius 1 is 0.974 bits per heavy atom. The number of nitro benzene ring substituents is 1. The summed E-state index contributed by atoms with van der Waals surface area (Å²) in [6.07, 6.45) is 2.59. The molecular formula is C27H29FN4O7. The molecule has 2 atom stereocenters. The van der Waals surface area contributed by atoms with E-state index in [2.05, 4.69) is 5.32 Å². The average Bonchev–Trinajstić information content (AvgIpc) is 3.38. The first-order chi connectivity index (χ1) is 18.7. The quantitative estimate of drug-likeness (QED) is 0.386. The number of carboxylic acids is 1. The van der Waals surface area contributed by atoms with Gasteiger partial charge in [-0.25, -0.2) is 4.39 Å². The second kappa shape index (κ2) is 12.0. The van der Waals surface area contributed by atoms with Crippen LogP contribution in [-0.4, -0.2) is 68.8 Å². The predicted octanol–water partition coefficient (Wildman–Crippen LogP) is 3.20. The van der Waals surface area contributed by atoms with Crippen molar-refractivity contribution in [3.8, 4) is 0 Å². The van der Waals surface area contributed by atoms with Crippen LogP contribution in [0.4, 0.5) is 10.1 Å². The van der Waals surface area contributed by atoms with E-state index in [0.717, 1.165) is 55.2 Å². The lowest BCUT2D eigenvalue weighted by Crippen LogP contribution is -2.57. The van der Waals surface area contributed by atoms with Crippen molar-refractivity contribution < 1.29 is 33.6 Å². The van der Waals surface area contributed by atoms with E-state index >= 15 is 0 Å². The third kappa shape index (κ3) is 6.39. The van der Waals surface area contributed by atoms with Gasteiger partial charge in [0.1, 0.15) is 5.82 Å². The largest absolute Gasteiger partial charge is 0.481 e. The molecule has 206 valence electrons. The Morgan fingerprint density at radius 3 is 2.18 bits per heavy atom. The topological polar surface area (TPSA) is 150 Å². The molecule has 0 spiro atoms. The summed E-state index contributed by atoms with van der Waals surface area (Å²) in [5.74, 6) is -3.73. The molecule has 2 fully saturated rings. The Hall–Kier alpha value is -4.35. The molecule has 1 saturated carbocycles. The van der Waals surface area contributed by atoms with E-state index in [1.165, 1.54) is 35.2 Å². The van der Waals surface area contributed by atoms with Crippen molar-refractivity contribution in [1.29, 1.82) is 0 Å². The van der Waals surface area contributed by atoms with Gasteiger partial charge in [-0.15, -0.1) is 0 Å². The van der Waals surface area contributed by atoms with Crippen LogP contribution in [0.2, 0.25) is 0 Å². The number of carbonyl (C=O) groups is 4. The summed E-state index contributed by atoms with van der Waals surface area (Å²) in [4.78, 5) is 65.2. The maximum absolute atomic E-state index is 13.7. The van der Waals surface area contributed by atoms with Gasteiger partial charge in [0, 0.05) is 42.4 Å². The molecule has 2 aliphatic rings. The van der Waals surface area contributed by atoms with Crippen LogP contribution in [0.25, 0.3) is 0 Å². The summed E-state index contributed by atoms with van der Waals surface area (Å²) >= 11 is 0. The molecule has 12 heteroatoms. The van der Waals surface area contributed by atoms with Gasteiger partial charge in [-0.1, -0.05) is 25.3 Å². The van der Waals surface area contributed by atoms with Crippen LogP contribution in [0.3, 0.4) is 0 Å². The first-order valence-corrected chi connectivity index (χ1v) is 12.8. The van der Waals surface area contributed by atoms with E-state index in [1.807, 2.05) is 0 Å². The van der Waals surface area contributed by atoms with Crippen LogP contribution >= 0.6 is 0 Å². The molecule has 3 amide bonds. The Morgan fingerprint density at radius 2 is 1.59 bits per heavy atom. The van der Waals surface area contributed by atoms with Gasteiger partial charge in [0.05, 0.1) is 11.3 Å². The number of carboxylic acid groups (broad SMARTS) is 1. The standard InChI is InChI=1S/C27H29FN4O7/c28-20-11-9-18(10-12-20)26(36)30-13-14-31(27(37)19-7-4-8-21(15-19)32(38)39)25(30)24(35)29-22(16-23(33)34)17-5-2-1-3-6-17/h4,7-12,15,17,22,25H,1-3,5-6,13-14,16H2,(H,29,35)(H,33,34). The van der Waals surface area contributed by atoms with Crippen molar-refractivity contribution in [1.82, 2.24) is 15.1 Å². The zero-order chi connectivity index (χ0) is 28.1. The Bertz CT molecular complexity index is 1260. The summed E-state index contributed by atoms with van der Waals surface area (Å²) in [7, 11) is 0. The number of nitrogens with zero attached hydrogens (tertiary/aromatic N) is 3. The van der Waals surface area contributed by atoms with Crippen LogP contribution in [0.1, 0.15) is 59.2 Å². The number of amides is 3. The summed E-state index contributed by atoms with van der Waals surface area (Å²) in [5, 5.41) is 23.5. The summed E-state index contributed by atoms with van der Waals surface area (Å²) in [6.45, 7) is -0.0679. The highest BCUT2D eigenvalue weighted by Gasteiger charge is 2.44. The van der Waals surface area contributed by atoms with E-state index in [1.54, 1.807) is 0 Å². The van der Waals surface area contributed by atoms with Gasteiger partial charge >= 0.3 is 5.97 Å². The molecule has 1 saturated heterocycles. The lowest BCUT2D eigenvalue weighted by molar-refractivity contribution is -0.384. The highest BCUT2D eigenvalue weighted by Crippen LogP contribution is 2.29. The van der Waals surface area contributed by atoms with Crippen molar-refractivity contribution in [2.24, 2.45) is 5.92 Å². The monoisotopic (exact) mass is 540 g/mol. The number of hydrogen-bond donors (Lipinski definition) is 2. The molecule has 2 N–H and O–H groups in total. The van der Waals surface area contributed by atoms with E-state index in [4.69, 9.17) is 0 Å². The number of nitro groups is 1. The highest BCUT2D eigenvalue weighted by molar-refractivity contribution is 6.02. The smallest absolute Gasteiger partial charge is 0.305 e. The highest BCUT2D eigenvalue weighted by atomic mass is 19.1. The minimum atomic E-state index is -1.44. The normalized spacial score (nSPS) is 18.4.